The molecule has 2 aromatic heterocycles. The number of aromatic nitrogens is 3. The summed E-state index contributed by atoms with van der Waals surface area (Å²) in [6.07, 6.45) is 3.76. The van der Waals surface area contributed by atoms with Crippen molar-refractivity contribution < 1.29 is 4.42 Å². The van der Waals surface area contributed by atoms with Crippen LogP contribution in [0.1, 0.15) is 36.1 Å². The van der Waals surface area contributed by atoms with Crippen LogP contribution in [0.3, 0.4) is 0 Å². The molecule has 9 rings (SSSR count). The standard InChI is InChI=1S/C46H33N3O/c1-5-28-17-13-21-33(32(28)6-2)30-18-12-19-31(27-30)44-47-43(29-15-8-7-9-16-29)48-45(49-44)36-22-14-23-37-40(36)35-25-26-39-41(42(35)46(37,3)4)34-20-10-11-24-38(34)50-39/h5-27H,1-2H2,3-4H3. The van der Waals surface area contributed by atoms with Crippen LogP contribution in [0.5, 0.6) is 0 Å². The summed E-state index contributed by atoms with van der Waals surface area (Å²) < 4.78 is 6.34. The summed E-state index contributed by atoms with van der Waals surface area (Å²) in [5, 5.41) is 2.30. The number of hydrogen-bond donors (Lipinski definition) is 0. The van der Waals surface area contributed by atoms with Crippen molar-refractivity contribution in [2.45, 2.75) is 19.3 Å². The van der Waals surface area contributed by atoms with Gasteiger partial charge in [-0.2, -0.15) is 0 Å². The van der Waals surface area contributed by atoms with E-state index in [1.807, 2.05) is 54.6 Å². The predicted octanol–water partition coefficient (Wildman–Crippen LogP) is 12.0. The molecule has 0 bridgehead atoms. The van der Waals surface area contributed by atoms with Crippen LogP contribution in [0.15, 0.2) is 145 Å². The average Bonchev–Trinajstić information content (AvgIpc) is 3.66. The van der Waals surface area contributed by atoms with Crippen molar-refractivity contribution in [2.24, 2.45) is 0 Å². The molecule has 6 aromatic carbocycles. The molecule has 0 N–H and O–H groups in total. The third-order valence-electron chi connectivity index (χ3n) is 10.1. The van der Waals surface area contributed by atoms with Crippen LogP contribution in [0.25, 0.3) is 90.5 Å². The first-order valence-electron chi connectivity index (χ1n) is 16.9. The normalized spacial score (nSPS) is 12.9. The van der Waals surface area contributed by atoms with Crippen LogP contribution in [-0.2, 0) is 5.41 Å². The van der Waals surface area contributed by atoms with Crippen molar-refractivity contribution in [2.75, 3.05) is 0 Å². The minimum Gasteiger partial charge on any atom is -0.456 e. The largest absolute Gasteiger partial charge is 0.456 e. The van der Waals surface area contributed by atoms with Crippen LogP contribution in [0, 0.1) is 0 Å². The van der Waals surface area contributed by atoms with Gasteiger partial charge in [0.05, 0.1) is 0 Å². The van der Waals surface area contributed by atoms with E-state index in [0.29, 0.717) is 17.5 Å². The Labute approximate surface area is 291 Å². The van der Waals surface area contributed by atoms with E-state index in [9.17, 15) is 0 Å². The highest BCUT2D eigenvalue weighted by Gasteiger charge is 2.40. The Bertz CT molecular complexity index is 2660. The van der Waals surface area contributed by atoms with E-state index in [-0.39, 0.29) is 5.41 Å². The summed E-state index contributed by atoms with van der Waals surface area (Å²) in [5.74, 6) is 1.88. The lowest BCUT2D eigenvalue weighted by atomic mass is 9.80. The fraction of sp³-hybridized carbons (Fsp3) is 0.0652. The van der Waals surface area contributed by atoms with Crippen molar-refractivity contribution >= 4 is 34.1 Å². The van der Waals surface area contributed by atoms with E-state index < -0.39 is 0 Å². The molecule has 50 heavy (non-hydrogen) atoms. The highest BCUT2D eigenvalue weighted by molar-refractivity contribution is 6.12. The van der Waals surface area contributed by atoms with Crippen molar-refractivity contribution in [1.82, 2.24) is 15.0 Å². The molecular weight excluding hydrogens is 611 g/mol. The van der Waals surface area contributed by atoms with Gasteiger partial charge in [-0.25, -0.2) is 15.0 Å². The molecule has 0 fully saturated rings. The summed E-state index contributed by atoms with van der Waals surface area (Å²) in [4.78, 5) is 15.5. The van der Waals surface area contributed by atoms with E-state index >= 15 is 0 Å². The fourth-order valence-corrected chi connectivity index (χ4v) is 7.77. The maximum Gasteiger partial charge on any atom is 0.164 e. The zero-order valence-electron chi connectivity index (χ0n) is 27.9. The predicted molar refractivity (Wildman–Crippen MR) is 207 cm³/mol. The van der Waals surface area contributed by atoms with Gasteiger partial charge < -0.3 is 4.42 Å². The molecule has 0 spiro atoms. The van der Waals surface area contributed by atoms with Crippen LogP contribution in [0.2, 0.25) is 0 Å². The topological polar surface area (TPSA) is 51.8 Å². The summed E-state index contributed by atoms with van der Waals surface area (Å²) in [5.41, 5.74) is 13.4. The lowest BCUT2D eigenvalue weighted by Gasteiger charge is -2.22. The Morgan fingerprint density at radius 3 is 2.06 bits per heavy atom. The van der Waals surface area contributed by atoms with Crippen molar-refractivity contribution in [3.8, 4) is 56.4 Å². The van der Waals surface area contributed by atoms with Gasteiger partial charge in [-0.1, -0.05) is 148 Å². The fourth-order valence-electron chi connectivity index (χ4n) is 7.77. The molecule has 2 heterocycles. The Kier molecular flexibility index (Phi) is 6.75. The van der Waals surface area contributed by atoms with E-state index in [1.165, 1.54) is 22.1 Å². The molecule has 0 radical (unpaired) electrons. The highest BCUT2D eigenvalue weighted by atomic mass is 16.3. The molecular formula is C46H33N3O. The van der Waals surface area contributed by atoms with Crippen LogP contribution >= 0.6 is 0 Å². The average molecular weight is 644 g/mol. The Hall–Kier alpha value is -6.39. The van der Waals surface area contributed by atoms with Gasteiger partial charge in [-0.05, 0) is 62.7 Å². The zero-order chi connectivity index (χ0) is 34.0. The molecule has 1 aliphatic carbocycles. The maximum absolute atomic E-state index is 6.34. The molecule has 0 saturated heterocycles. The molecule has 8 aromatic rings. The van der Waals surface area contributed by atoms with Gasteiger partial charge in [-0.15, -0.1) is 0 Å². The first-order chi connectivity index (χ1) is 24.5. The number of nitrogens with zero attached hydrogens (tertiary/aromatic N) is 3. The van der Waals surface area contributed by atoms with E-state index in [2.05, 4.69) is 112 Å². The quantitative estimate of drug-likeness (QED) is 0.181. The van der Waals surface area contributed by atoms with Gasteiger partial charge in [-0.3, -0.25) is 0 Å². The minimum absolute atomic E-state index is 0.276. The Morgan fingerprint density at radius 2 is 1.24 bits per heavy atom. The molecule has 0 saturated carbocycles. The monoisotopic (exact) mass is 643 g/mol. The van der Waals surface area contributed by atoms with Crippen LogP contribution in [-0.4, -0.2) is 15.0 Å². The van der Waals surface area contributed by atoms with E-state index in [0.717, 1.165) is 61.1 Å². The number of furan rings is 1. The second kappa shape index (κ2) is 11.4. The number of hydrogen-bond acceptors (Lipinski definition) is 4. The Morgan fingerprint density at radius 1 is 0.560 bits per heavy atom. The van der Waals surface area contributed by atoms with Gasteiger partial charge in [0.2, 0.25) is 0 Å². The zero-order valence-corrected chi connectivity index (χ0v) is 27.9. The van der Waals surface area contributed by atoms with Crippen molar-refractivity contribution in [1.29, 1.82) is 0 Å². The summed E-state index contributed by atoms with van der Waals surface area (Å²) in [6, 6.07) is 43.9. The van der Waals surface area contributed by atoms with Gasteiger partial charge in [0.15, 0.2) is 17.5 Å². The van der Waals surface area contributed by atoms with E-state index in [1.54, 1.807) is 0 Å². The van der Waals surface area contributed by atoms with Gasteiger partial charge in [0.25, 0.3) is 0 Å². The Balaban J connectivity index is 1.27. The van der Waals surface area contributed by atoms with Gasteiger partial charge >= 0.3 is 0 Å². The molecule has 0 amide bonds. The molecule has 0 atom stereocenters. The minimum atomic E-state index is -0.276. The van der Waals surface area contributed by atoms with Crippen LogP contribution in [0.4, 0.5) is 0 Å². The van der Waals surface area contributed by atoms with Crippen LogP contribution < -0.4 is 0 Å². The highest BCUT2D eigenvalue weighted by Crippen LogP contribution is 2.55. The SMILES string of the molecule is C=Cc1cccc(-c2cccc(-c3nc(-c4ccccc4)nc(-c4cccc5c4-c4ccc6oc7ccccc7c6c4C5(C)C)n3)c2)c1C=C. The summed E-state index contributed by atoms with van der Waals surface area (Å²) in [6.45, 7) is 12.7. The summed E-state index contributed by atoms with van der Waals surface area (Å²) >= 11 is 0. The third kappa shape index (κ3) is 4.49. The number of rotatable bonds is 6. The molecule has 0 aliphatic heterocycles. The summed E-state index contributed by atoms with van der Waals surface area (Å²) in [7, 11) is 0. The first kappa shape index (κ1) is 29.7. The van der Waals surface area contributed by atoms with Crippen molar-refractivity contribution in [3.63, 3.8) is 0 Å². The lowest BCUT2D eigenvalue weighted by molar-refractivity contribution is 0.657. The second-order valence-corrected chi connectivity index (χ2v) is 13.3. The third-order valence-corrected chi connectivity index (χ3v) is 10.1. The van der Waals surface area contributed by atoms with E-state index in [4.69, 9.17) is 19.4 Å². The lowest BCUT2D eigenvalue weighted by Crippen LogP contribution is -2.15. The molecule has 1 aliphatic rings. The molecule has 0 unspecified atom stereocenters. The van der Waals surface area contributed by atoms with Gasteiger partial charge in [0, 0.05) is 32.9 Å². The molecule has 238 valence electrons. The smallest absolute Gasteiger partial charge is 0.164 e. The second-order valence-electron chi connectivity index (χ2n) is 13.3. The van der Waals surface area contributed by atoms with Crippen molar-refractivity contribution in [3.05, 3.63) is 163 Å². The number of para-hydroxylation sites is 1. The number of benzene rings is 6. The molecule has 4 nitrogen and oxygen atoms in total. The first-order valence-corrected chi connectivity index (χ1v) is 16.9. The number of fused-ring (bicyclic) bond motifs is 7. The maximum atomic E-state index is 6.34. The molecule has 4 heteroatoms. The van der Waals surface area contributed by atoms with Gasteiger partial charge in [0.1, 0.15) is 11.2 Å².